The largest absolute Gasteiger partial charge is 0.480 e. The molecular weight excluding hydrogens is 252 g/mol. The van der Waals surface area contributed by atoms with E-state index in [-0.39, 0.29) is 0 Å². The monoisotopic (exact) mass is 268 g/mol. The van der Waals surface area contributed by atoms with Crippen LogP contribution in [0.5, 0.6) is 0 Å². The van der Waals surface area contributed by atoms with Gasteiger partial charge in [-0.1, -0.05) is 37.3 Å². The van der Waals surface area contributed by atoms with Gasteiger partial charge in [-0.15, -0.1) is 11.8 Å². The Hall–Kier alpha value is -1.49. The lowest BCUT2D eigenvalue weighted by Crippen LogP contribution is -2.26. The average molecular weight is 268 g/mol. The molecule has 2 N–H and O–H groups in total. The minimum absolute atomic E-state index is 0.338. The van der Waals surface area contributed by atoms with Crippen LogP contribution in [0.15, 0.2) is 30.3 Å². The number of hydrogen-bond acceptors (Lipinski definition) is 3. The summed E-state index contributed by atoms with van der Waals surface area (Å²) >= 11 is 1.00. The number of hydrogen-bond donors (Lipinski definition) is 2. The molecule has 0 radical (unpaired) electrons. The first-order valence-electron chi connectivity index (χ1n) is 5.69. The third-order valence-electron chi connectivity index (χ3n) is 2.51. The van der Waals surface area contributed by atoms with Crippen molar-refractivity contribution in [2.45, 2.75) is 30.3 Å². The lowest BCUT2D eigenvalue weighted by Gasteiger charge is -2.16. The molecule has 0 aliphatic rings. The summed E-state index contributed by atoms with van der Waals surface area (Å²) in [5.74, 6) is -1.93. The van der Waals surface area contributed by atoms with E-state index >= 15 is 0 Å². The third-order valence-corrected chi connectivity index (χ3v) is 4.07. The van der Waals surface area contributed by atoms with Crippen molar-refractivity contribution in [2.24, 2.45) is 0 Å². The van der Waals surface area contributed by atoms with Crippen LogP contribution in [0.2, 0.25) is 0 Å². The second kappa shape index (κ2) is 7.06. The molecule has 0 bridgehead atoms. The molecule has 18 heavy (non-hydrogen) atoms. The van der Waals surface area contributed by atoms with E-state index in [4.69, 9.17) is 10.2 Å². The Kier molecular flexibility index (Phi) is 5.71. The van der Waals surface area contributed by atoms with E-state index in [9.17, 15) is 9.59 Å². The standard InChI is InChI=1S/C13H16O4S/c1-2-10(12(14)15)18-11(13(16)17)8-9-6-4-3-5-7-9/h3-7,10-11H,2,8H2,1H3,(H,14,15)(H,16,17). The normalized spacial score (nSPS) is 13.8. The Morgan fingerprint density at radius 3 is 2.11 bits per heavy atom. The molecule has 0 aliphatic carbocycles. The van der Waals surface area contributed by atoms with Crippen molar-refractivity contribution >= 4 is 23.7 Å². The van der Waals surface area contributed by atoms with E-state index < -0.39 is 22.4 Å². The highest BCUT2D eigenvalue weighted by Gasteiger charge is 2.26. The molecule has 1 rings (SSSR count). The fraction of sp³-hybridized carbons (Fsp3) is 0.385. The minimum Gasteiger partial charge on any atom is -0.480 e. The summed E-state index contributed by atoms with van der Waals surface area (Å²) in [4.78, 5) is 22.1. The van der Waals surface area contributed by atoms with Crippen molar-refractivity contribution in [3.63, 3.8) is 0 Å². The number of carboxylic acid groups (broad SMARTS) is 2. The van der Waals surface area contributed by atoms with Crippen molar-refractivity contribution in [1.82, 2.24) is 0 Å². The number of rotatable bonds is 7. The third kappa shape index (κ3) is 4.41. The fourth-order valence-corrected chi connectivity index (χ4v) is 2.66. The number of thioether (sulfide) groups is 1. The van der Waals surface area contributed by atoms with E-state index in [1.165, 1.54) is 0 Å². The van der Waals surface area contributed by atoms with Gasteiger partial charge in [0, 0.05) is 0 Å². The van der Waals surface area contributed by atoms with Crippen LogP contribution in [-0.4, -0.2) is 32.7 Å². The Labute approximate surface area is 110 Å². The minimum atomic E-state index is -0.969. The van der Waals surface area contributed by atoms with Crippen molar-refractivity contribution in [1.29, 1.82) is 0 Å². The molecule has 0 heterocycles. The van der Waals surface area contributed by atoms with E-state index in [1.54, 1.807) is 6.92 Å². The lowest BCUT2D eigenvalue weighted by atomic mass is 10.1. The summed E-state index contributed by atoms with van der Waals surface area (Å²) in [6.07, 6.45) is 0.753. The predicted molar refractivity (Wildman–Crippen MR) is 70.9 cm³/mol. The number of carbonyl (C=O) groups is 2. The van der Waals surface area contributed by atoms with Gasteiger partial charge in [-0.05, 0) is 18.4 Å². The van der Waals surface area contributed by atoms with Gasteiger partial charge in [0.2, 0.25) is 0 Å². The van der Waals surface area contributed by atoms with Crippen molar-refractivity contribution in [2.75, 3.05) is 0 Å². The quantitative estimate of drug-likeness (QED) is 0.793. The second-order valence-corrected chi connectivity index (χ2v) is 5.30. The summed E-state index contributed by atoms with van der Waals surface area (Å²) in [5.41, 5.74) is 0.901. The summed E-state index contributed by atoms with van der Waals surface area (Å²) in [6, 6.07) is 9.23. The Morgan fingerprint density at radius 1 is 1.11 bits per heavy atom. The van der Waals surface area contributed by atoms with E-state index in [2.05, 4.69) is 0 Å². The molecule has 0 saturated carbocycles. The predicted octanol–water partition coefficient (Wildman–Crippen LogP) is 2.28. The molecule has 2 atom stereocenters. The highest BCUT2D eigenvalue weighted by Crippen LogP contribution is 2.24. The van der Waals surface area contributed by atoms with Gasteiger partial charge in [0.15, 0.2) is 0 Å². The molecule has 0 spiro atoms. The summed E-state index contributed by atoms with van der Waals surface area (Å²) < 4.78 is 0. The first-order chi connectivity index (χ1) is 8.54. The zero-order valence-electron chi connectivity index (χ0n) is 10.1. The first-order valence-corrected chi connectivity index (χ1v) is 6.63. The highest BCUT2D eigenvalue weighted by atomic mass is 32.2. The van der Waals surface area contributed by atoms with Crippen molar-refractivity contribution in [3.05, 3.63) is 35.9 Å². The SMILES string of the molecule is CCC(SC(Cc1ccccc1)C(=O)O)C(=O)O. The molecule has 0 aliphatic heterocycles. The highest BCUT2D eigenvalue weighted by molar-refractivity contribution is 8.01. The second-order valence-electron chi connectivity index (χ2n) is 3.89. The van der Waals surface area contributed by atoms with Gasteiger partial charge in [0.25, 0.3) is 0 Å². The molecule has 4 nitrogen and oxygen atoms in total. The summed E-state index contributed by atoms with van der Waals surface area (Å²) in [6.45, 7) is 1.74. The van der Waals surface area contributed by atoms with Gasteiger partial charge in [-0.25, -0.2) is 0 Å². The number of carboxylic acids is 2. The van der Waals surface area contributed by atoms with Crippen LogP contribution in [-0.2, 0) is 16.0 Å². The van der Waals surface area contributed by atoms with Gasteiger partial charge < -0.3 is 10.2 Å². The van der Waals surface area contributed by atoms with Crippen molar-refractivity contribution < 1.29 is 19.8 Å². The maximum atomic E-state index is 11.2. The van der Waals surface area contributed by atoms with Crippen LogP contribution >= 0.6 is 11.8 Å². The summed E-state index contributed by atoms with van der Waals surface area (Å²) in [5, 5.41) is 16.7. The molecule has 0 fully saturated rings. The van der Waals surface area contributed by atoms with Gasteiger partial charge in [0.1, 0.15) is 10.5 Å². The molecule has 2 unspecified atom stereocenters. The van der Waals surface area contributed by atoms with E-state index in [0.29, 0.717) is 12.8 Å². The van der Waals surface area contributed by atoms with Crippen LogP contribution < -0.4 is 0 Å². The van der Waals surface area contributed by atoms with Gasteiger partial charge in [0.05, 0.1) is 0 Å². The van der Waals surface area contributed by atoms with Gasteiger partial charge >= 0.3 is 11.9 Å². The maximum Gasteiger partial charge on any atom is 0.316 e. The molecule has 0 amide bonds. The first kappa shape index (κ1) is 14.6. The number of aliphatic carboxylic acids is 2. The Morgan fingerprint density at radius 2 is 1.67 bits per heavy atom. The van der Waals surface area contributed by atoms with E-state index in [0.717, 1.165) is 17.3 Å². The van der Waals surface area contributed by atoms with Crippen LogP contribution in [0, 0.1) is 0 Å². The van der Waals surface area contributed by atoms with Gasteiger partial charge in [-0.2, -0.15) is 0 Å². The van der Waals surface area contributed by atoms with Crippen LogP contribution in [0.3, 0.4) is 0 Å². The van der Waals surface area contributed by atoms with Gasteiger partial charge in [-0.3, -0.25) is 9.59 Å². The molecule has 5 heteroatoms. The smallest absolute Gasteiger partial charge is 0.316 e. The molecule has 1 aromatic carbocycles. The number of benzene rings is 1. The molecule has 0 saturated heterocycles. The van der Waals surface area contributed by atoms with Crippen molar-refractivity contribution in [3.8, 4) is 0 Å². The summed E-state index contributed by atoms with van der Waals surface area (Å²) in [7, 11) is 0. The molecular formula is C13H16O4S. The molecule has 0 aromatic heterocycles. The Bertz CT molecular complexity index is 405. The molecule has 98 valence electrons. The molecule has 1 aromatic rings. The average Bonchev–Trinajstić information content (AvgIpc) is 2.34. The van der Waals surface area contributed by atoms with E-state index in [1.807, 2.05) is 30.3 Å². The fourth-order valence-electron chi connectivity index (χ4n) is 1.55. The van der Waals surface area contributed by atoms with Crippen LogP contribution in [0.25, 0.3) is 0 Å². The topological polar surface area (TPSA) is 74.6 Å². The lowest BCUT2D eigenvalue weighted by molar-refractivity contribution is -0.136. The maximum absolute atomic E-state index is 11.2. The Balaban J connectivity index is 2.72. The van der Waals surface area contributed by atoms with Crippen LogP contribution in [0.1, 0.15) is 18.9 Å². The van der Waals surface area contributed by atoms with Crippen LogP contribution in [0.4, 0.5) is 0 Å². The zero-order valence-corrected chi connectivity index (χ0v) is 10.9. The zero-order chi connectivity index (χ0) is 13.5.